The first-order chi connectivity index (χ1) is 13.0. The van der Waals surface area contributed by atoms with Crippen molar-refractivity contribution in [2.45, 2.75) is 44.9 Å². The van der Waals surface area contributed by atoms with Crippen LogP contribution in [0.5, 0.6) is 0 Å². The molecule has 1 heterocycles. The minimum atomic E-state index is -0.0437. The zero-order valence-electron chi connectivity index (χ0n) is 16.1. The van der Waals surface area contributed by atoms with Crippen molar-refractivity contribution in [3.63, 3.8) is 0 Å². The molecular weight excluding hydrogens is 356 g/mol. The Morgan fingerprint density at radius 2 is 1.89 bits per heavy atom. The molecule has 1 unspecified atom stereocenters. The number of rotatable bonds is 6. The fourth-order valence-corrected chi connectivity index (χ4v) is 4.48. The number of thioether (sulfide) groups is 1. The monoisotopic (exact) mass is 382 g/mol. The van der Waals surface area contributed by atoms with Crippen LogP contribution in [0.1, 0.15) is 56.0 Å². The number of carbonyl (C=O) groups excluding carboxylic acids is 2. The van der Waals surface area contributed by atoms with Gasteiger partial charge in [-0.1, -0.05) is 51.1 Å². The maximum absolute atomic E-state index is 12.7. The lowest BCUT2D eigenvalue weighted by Crippen LogP contribution is -2.29. The van der Waals surface area contributed by atoms with Gasteiger partial charge in [-0.15, -0.1) is 11.8 Å². The molecule has 0 aromatic heterocycles. The molecular formula is C22H26N2O2S. The van der Waals surface area contributed by atoms with E-state index in [1.165, 1.54) is 5.56 Å². The van der Waals surface area contributed by atoms with E-state index < -0.39 is 0 Å². The standard InChI is InChI=1S/C22H26N2O2S/c1-4-7-20(25)23-17-12-10-16(11-13-17)22-24(21(26)14-27-22)19-9-6-5-8-18(19)15(2)3/h5-6,8-13,15,22H,4,7,14H2,1-3H3,(H,23,25). The third kappa shape index (κ3) is 4.35. The number of benzene rings is 2. The summed E-state index contributed by atoms with van der Waals surface area (Å²) >= 11 is 1.64. The van der Waals surface area contributed by atoms with Gasteiger partial charge in [0.05, 0.1) is 5.75 Å². The first-order valence-corrected chi connectivity index (χ1v) is 10.5. The first-order valence-electron chi connectivity index (χ1n) is 9.43. The third-order valence-corrected chi connectivity index (χ3v) is 5.86. The summed E-state index contributed by atoms with van der Waals surface area (Å²) in [5.41, 5.74) is 4.04. The molecule has 142 valence electrons. The van der Waals surface area contributed by atoms with Crippen LogP contribution in [0.15, 0.2) is 48.5 Å². The Balaban J connectivity index is 1.86. The van der Waals surface area contributed by atoms with Crippen molar-refractivity contribution in [2.24, 2.45) is 0 Å². The summed E-state index contributed by atoms with van der Waals surface area (Å²) in [5, 5.41) is 2.87. The topological polar surface area (TPSA) is 49.4 Å². The van der Waals surface area contributed by atoms with Gasteiger partial charge in [0.25, 0.3) is 0 Å². The largest absolute Gasteiger partial charge is 0.326 e. The minimum absolute atomic E-state index is 0.0307. The second kappa shape index (κ2) is 8.61. The molecule has 0 spiro atoms. The summed E-state index contributed by atoms with van der Waals surface area (Å²) in [4.78, 5) is 26.4. The third-order valence-electron chi connectivity index (χ3n) is 4.64. The summed E-state index contributed by atoms with van der Waals surface area (Å²) in [7, 11) is 0. The van der Waals surface area contributed by atoms with Crippen LogP contribution in [0.25, 0.3) is 0 Å². The molecule has 27 heavy (non-hydrogen) atoms. The van der Waals surface area contributed by atoms with E-state index in [0.29, 0.717) is 18.1 Å². The van der Waals surface area contributed by atoms with E-state index in [1.807, 2.05) is 54.3 Å². The lowest BCUT2D eigenvalue weighted by atomic mass is 10.00. The van der Waals surface area contributed by atoms with Crippen LogP contribution in [0.4, 0.5) is 11.4 Å². The van der Waals surface area contributed by atoms with E-state index in [9.17, 15) is 9.59 Å². The van der Waals surface area contributed by atoms with Gasteiger partial charge in [-0.05, 0) is 41.7 Å². The van der Waals surface area contributed by atoms with Crippen LogP contribution >= 0.6 is 11.8 Å². The van der Waals surface area contributed by atoms with Crippen molar-refractivity contribution < 1.29 is 9.59 Å². The molecule has 0 bridgehead atoms. The number of nitrogens with one attached hydrogen (secondary N) is 1. The average molecular weight is 383 g/mol. The summed E-state index contributed by atoms with van der Waals surface area (Å²) < 4.78 is 0. The normalized spacial score (nSPS) is 16.8. The molecule has 1 aliphatic rings. The smallest absolute Gasteiger partial charge is 0.238 e. The molecule has 1 fully saturated rings. The van der Waals surface area contributed by atoms with Crippen molar-refractivity contribution >= 4 is 35.0 Å². The predicted octanol–water partition coefficient (Wildman–Crippen LogP) is 5.33. The van der Waals surface area contributed by atoms with Gasteiger partial charge in [0.15, 0.2) is 0 Å². The Bertz CT molecular complexity index is 817. The summed E-state index contributed by atoms with van der Waals surface area (Å²) in [6, 6.07) is 16.0. The molecule has 1 saturated heterocycles. The first kappa shape index (κ1) is 19.5. The van der Waals surface area contributed by atoms with Gasteiger partial charge in [0.1, 0.15) is 5.37 Å². The Morgan fingerprint density at radius 1 is 1.19 bits per heavy atom. The molecule has 2 amide bonds. The highest BCUT2D eigenvalue weighted by Crippen LogP contribution is 2.44. The second-order valence-corrected chi connectivity index (χ2v) is 8.13. The average Bonchev–Trinajstić information content (AvgIpc) is 3.04. The SMILES string of the molecule is CCCC(=O)Nc1ccc(C2SCC(=O)N2c2ccccc2C(C)C)cc1. The quantitative estimate of drug-likeness (QED) is 0.735. The van der Waals surface area contributed by atoms with Crippen LogP contribution in [0.2, 0.25) is 0 Å². The van der Waals surface area contributed by atoms with E-state index in [0.717, 1.165) is 23.4 Å². The van der Waals surface area contributed by atoms with Crippen LogP contribution in [-0.2, 0) is 9.59 Å². The molecule has 2 aromatic carbocycles. The van der Waals surface area contributed by atoms with Crippen molar-refractivity contribution in [1.82, 2.24) is 0 Å². The molecule has 1 N–H and O–H groups in total. The van der Waals surface area contributed by atoms with Gasteiger partial charge in [0.2, 0.25) is 11.8 Å². The van der Waals surface area contributed by atoms with Crippen LogP contribution in [0, 0.1) is 0 Å². The predicted molar refractivity (Wildman–Crippen MR) is 113 cm³/mol. The molecule has 3 rings (SSSR count). The molecule has 5 heteroatoms. The van der Waals surface area contributed by atoms with E-state index in [1.54, 1.807) is 11.8 Å². The zero-order chi connectivity index (χ0) is 19.4. The molecule has 2 aromatic rings. The van der Waals surface area contributed by atoms with Crippen molar-refractivity contribution in [3.05, 3.63) is 59.7 Å². The summed E-state index contributed by atoms with van der Waals surface area (Å²) in [6.07, 6.45) is 1.35. The highest BCUT2D eigenvalue weighted by Gasteiger charge is 2.35. The number of para-hydroxylation sites is 1. The lowest BCUT2D eigenvalue weighted by Gasteiger charge is -2.27. The van der Waals surface area contributed by atoms with Gasteiger partial charge in [-0.25, -0.2) is 0 Å². The van der Waals surface area contributed by atoms with Crippen LogP contribution in [-0.4, -0.2) is 17.6 Å². The Hall–Kier alpha value is -2.27. The lowest BCUT2D eigenvalue weighted by molar-refractivity contribution is -0.116. The van der Waals surface area contributed by atoms with Gasteiger partial charge in [-0.3, -0.25) is 14.5 Å². The highest BCUT2D eigenvalue weighted by atomic mass is 32.2. The minimum Gasteiger partial charge on any atom is -0.326 e. The van der Waals surface area contributed by atoms with Crippen LogP contribution in [0.3, 0.4) is 0 Å². The fraction of sp³-hybridized carbons (Fsp3) is 0.364. The van der Waals surface area contributed by atoms with E-state index in [4.69, 9.17) is 0 Å². The van der Waals surface area contributed by atoms with E-state index in [2.05, 4.69) is 25.2 Å². The number of carbonyl (C=O) groups is 2. The van der Waals surface area contributed by atoms with Gasteiger partial charge in [0, 0.05) is 17.8 Å². The second-order valence-electron chi connectivity index (χ2n) is 7.06. The van der Waals surface area contributed by atoms with Crippen molar-refractivity contribution in [3.8, 4) is 0 Å². The van der Waals surface area contributed by atoms with Crippen LogP contribution < -0.4 is 10.2 Å². The van der Waals surface area contributed by atoms with Gasteiger partial charge in [-0.2, -0.15) is 0 Å². The van der Waals surface area contributed by atoms with E-state index in [-0.39, 0.29) is 17.2 Å². The van der Waals surface area contributed by atoms with Gasteiger partial charge >= 0.3 is 0 Å². The van der Waals surface area contributed by atoms with E-state index >= 15 is 0 Å². The van der Waals surface area contributed by atoms with Gasteiger partial charge < -0.3 is 5.32 Å². The number of amides is 2. The molecule has 4 nitrogen and oxygen atoms in total. The highest BCUT2D eigenvalue weighted by molar-refractivity contribution is 8.00. The Labute approximate surface area is 165 Å². The molecule has 0 saturated carbocycles. The number of anilines is 2. The maximum Gasteiger partial charge on any atom is 0.238 e. The Morgan fingerprint density at radius 3 is 2.56 bits per heavy atom. The molecule has 0 radical (unpaired) electrons. The molecule has 0 aliphatic carbocycles. The molecule has 1 aliphatic heterocycles. The molecule has 1 atom stereocenters. The summed E-state index contributed by atoms with van der Waals surface area (Å²) in [6.45, 7) is 6.28. The summed E-state index contributed by atoms with van der Waals surface area (Å²) in [5.74, 6) is 0.990. The van der Waals surface area contributed by atoms with Crippen molar-refractivity contribution in [2.75, 3.05) is 16.0 Å². The number of nitrogens with zero attached hydrogens (tertiary/aromatic N) is 1. The van der Waals surface area contributed by atoms with Crippen molar-refractivity contribution in [1.29, 1.82) is 0 Å². The number of hydrogen-bond donors (Lipinski definition) is 1. The maximum atomic E-state index is 12.7. The fourth-order valence-electron chi connectivity index (χ4n) is 3.31. The Kier molecular flexibility index (Phi) is 6.22. The zero-order valence-corrected chi connectivity index (χ0v) is 16.9. The number of hydrogen-bond acceptors (Lipinski definition) is 3.